The van der Waals surface area contributed by atoms with Crippen LogP contribution in [0.15, 0.2) is 47.6 Å². The molecule has 8 nitrogen and oxygen atoms in total. The maximum Gasteiger partial charge on any atom is 0.233 e. The fourth-order valence-corrected chi connectivity index (χ4v) is 4.64. The van der Waals surface area contributed by atoms with Gasteiger partial charge in [-0.25, -0.2) is 4.39 Å². The number of aryl methyl sites for hydroxylation is 1. The molecule has 0 atom stereocenters. The quantitative estimate of drug-likeness (QED) is 0.453. The number of halogens is 1. The number of nitrogens with zero attached hydrogens (tertiary/aromatic N) is 5. The van der Waals surface area contributed by atoms with Crippen LogP contribution in [0.25, 0.3) is 5.69 Å². The van der Waals surface area contributed by atoms with Crippen LogP contribution in [0.2, 0.25) is 0 Å². The van der Waals surface area contributed by atoms with Crippen molar-refractivity contribution in [3.05, 3.63) is 59.4 Å². The summed E-state index contributed by atoms with van der Waals surface area (Å²) in [5.74, 6) is 0.572. The lowest BCUT2D eigenvalue weighted by Crippen LogP contribution is -2.38. The number of carbonyl (C=O) groups is 1. The Bertz CT molecular complexity index is 1150. The first-order chi connectivity index (χ1) is 16.5. The zero-order valence-corrected chi connectivity index (χ0v) is 20.3. The van der Waals surface area contributed by atoms with Crippen LogP contribution in [0.1, 0.15) is 11.1 Å². The van der Waals surface area contributed by atoms with Crippen molar-refractivity contribution >= 4 is 23.6 Å². The van der Waals surface area contributed by atoms with Gasteiger partial charge < -0.3 is 19.3 Å². The highest BCUT2D eigenvalue weighted by Gasteiger charge is 2.23. The lowest BCUT2D eigenvalue weighted by Gasteiger charge is -2.28. The van der Waals surface area contributed by atoms with Crippen LogP contribution < -0.4 is 9.64 Å². The molecule has 0 saturated carbocycles. The van der Waals surface area contributed by atoms with Crippen molar-refractivity contribution in [2.45, 2.75) is 18.6 Å². The summed E-state index contributed by atoms with van der Waals surface area (Å²) in [6.07, 6.45) is 0. The van der Waals surface area contributed by atoms with Crippen molar-refractivity contribution in [1.82, 2.24) is 19.7 Å². The van der Waals surface area contributed by atoms with Gasteiger partial charge in [0.25, 0.3) is 0 Å². The number of rotatable bonds is 8. The van der Waals surface area contributed by atoms with Crippen molar-refractivity contribution < 1.29 is 18.7 Å². The topological polar surface area (TPSA) is 72.7 Å². The molecule has 1 amide bonds. The number of aromatic nitrogens is 3. The fraction of sp³-hybridized carbons (Fsp3) is 0.375. The monoisotopic (exact) mass is 485 g/mol. The number of hydrogen-bond acceptors (Lipinski definition) is 7. The lowest BCUT2D eigenvalue weighted by molar-refractivity contribution is -0.127. The molecule has 0 aliphatic carbocycles. The van der Waals surface area contributed by atoms with Gasteiger partial charge in [0.1, 0.15) is 0 Å². The third-order valence-electron chi connectivity index (χ3n) is 5.65. The zero-order chi connectivity index (χ0) is 24.1. The Morgan fingerprint density at radius 1 is 1.21 bits per heavy atom. The molecule has 1 aliphatic heterocycles. The Morgan fingerprint density at radius 3 is 2.68 bits per heavy atom. The van der Waals surface area contributed by atoms with Gasteiger partial charge in [-0.05, 0) is 36.2 Å². The summed E-state index contributed by atoms with van der Waals surface area (Å²) >= 11 is 1.34. The minimum absolute atomic E-state index is 0.0894. The number of anilines is 1. The molecular formula is C24H28FN5O3S. The molecular weight excluding hydrogens is 457 g/mol. The summed E-state index contributed by atoms with van der Waals surface area (Å²) in [4.78, 5) is 16.6. The molecule has 0 radical (unpaired) electrons. The summed E-state index contributed by atoms with van der Waals surface area (Å²) in [6.45, 7) is 5.07. The second-order valence-electron chi connectivity index (χ2n) is 8.01. The third-order valence-corrected chi connectivity index (χ3v) is 6.57. The Labute approximate surface area is 202 Å². The number of methoxy groups -OCH3 is 1. The maximum absolute atomic E-state index is 14.0. The highest BCUT2D eigenvalue weighted by molar-refractivity contribution is 7.99. The van der Waals surface area contributed by atoms with Gasteiger partial charge in [-0.1, -0.05) is 36.0 Å². The molecule has 0 N–H and O–H groups in total. The minimum atomic E-state index is -0.447. The van der Waals surface area contributed by atoms with Gasteiger partial charge in [0.2, 0.25) is 11.9 Å². The fourth-order valence-electron chi connectivity index (χ4n) is 3.76. The van der Waals surface area contributed by atoms with Crippen molar-refractivity contribution in [2.24, 2.45) is 0 Å². The third kappa shape index (κ3) is 5.34. The van der Waals surface area contributed by atoms with Crippen molar-refractivity contribution in [3.8, 4) is 11.4 Å². The lowest BCUT2D eigenvalue weighted by atomic mass is 10.2. The summed E-state index contributed by atoms with van der Waals surface area (Å²) < 4.78 is 26.5. The summed E-state index contributed by atoms with van der Waals surface area (Å²) in [5.41, 5.74) is 2.76. The number of carbonyl (C=O) groups excluding carboxylic acids is 1. The van der Waals surface area contributed by atoms with E-state index in [1.165, 1.54) is 24.9 Å². The molecule has 2 heterocycles. The number of benzene rings is 2. The van der Waals surface area contributed by atoms with E-state index >= 15 is 0 Å². The highest BCUT2D eigenvalue weighted by Crippen LogP contribution is 2.29. The van der Waals surface area contributed by atoms with Crippen LogP contribution in [0.4, 0.5) is 10.3 Å². The van der Waals surface area contributed by atoms with Crippen molar-refractivity contribution in [2.75, 3.05) is 51.1 Å². The summed E-state index contributed by atoms with van der Waals surface area (Å²) in [5, 5.41) is 9.52. The predicted molar refractivity (Wildman–Crippen MR) is 129 cm³/mol. The summed E-state index contributed by atoms with van der Waals surface area (Å²) in [7, 11) is 3.13. The van der Waals surface area contributed by atoms with Crippen LogP contribution >= 0.6 is 11.8 Å². The first-order valence-electron chi connectivity index (χ1n) is 11.0. The molecule has 0 unspecified atom stereocenters. The Balaban J connectivity index is 1.50. The van der Waals surface area contributed by atoms with Gasteiger partial charge in [-0.2, -0.15) is 0 Å². The number of thioether (sulfide) groups is 1. The van der Waals surface area contributed by atoms with E-state index in [4.69, 9.17) is 9.47 Å². The van der Waals surface area contributed by atoms with Crippen LogP contribution in [-0.2, 0) is 16.1 Å². The van der Waals surface area contributed by atoms with E-state index in [-0.39, 0.29) is 17.4 Å². The highest BCUT2D eigenvalue weighted by atomic mass is 32.2. The van der Waals surface area contributed by atoms with Crippen molar-refractivity contribution in [3.63, 3.8) is 0 Å². The molecule has 1 saturated heterocycles. The Kier molecular flexibility index (Phi) is 7.69. The predicted octanol–water partition coefficient (Wildman–Crippen LogP) is 3.31. The molecule has 3 aromatic rings. The molecule has 1 fully saturated rings. The molecule has 180 valence electrons. The van der Waals surface area contributed by atoms with E-state index in [0.717, 1.165) is 30.3 Å². The largest absolute Gasteiger partial charge is 0.494 e. The molecule has 0 spiro atoms. The summed E-state index contributed by atoms with van der Waals surface area (Å²) in [6, 6.07) is 12.7. The minimum Gasteiger partial charge on any atom is -0.494 e. The van der Waals surface area contributed by atoms with E-state index in [1.54, 1.807) is 24.1 Å². The molecule has 1 aliphatic rings. The smallest absolute Gasteiger partial charge is 0.233 e. The molecule has 2 aromatic carbocycles. The molecule has 1 aromatic heterocycles. The van der Waals surface area contributed by atoms with E-state index in [1.807, 2.05) is 35.8 Å². The van der Waals surface area contributed by atoms with Gasteiger partial charge in [-0.3, -0.25) is 9.36 Å². The SMILES string of the molecule is COc1ccc(CN(C)C(=O)CSc2nnc(N3CCOCC3)n2-c2ccccc2C)cc1F. The first kappa shape index (κ1) is 24.0. The van der Waals surface area contributed by atoms with Gasteiger partial charge in [-0.15, -0.1) is 10.2 Å². The van der Waals surface area contributed by atoms with Crippen LogP contribution in [0, 0.1) is 12.7 Å². The number of morpholine rings is 1. The standard InChI is InChI=1S/C24H28FN5O3S/c1-17-6-4-5-7-20(17)30-23(29-10-12-33-13-11-29)26-27-24(30)34-16-22(31)28(2)15-18-8-9-21(32-3)19(25)14-18/h4-9,14H,10-13,15-16H2,1-3H3. The normalized spacial score (nSPS) is 13.7. The first-order valence-corrected chi connectivity index (χ1v) is 12.0. The van der Waals surface area contributed by atoms with E-state index in [2.05, 4.69) is 15.1 Å². The van der Waals surface area contributed by atoms with Gasteiger partial charge >= 0.3 is 0 Å². The van der Waals surface area contributed by atoms with Crippen LogP contribution in [0.5, 0.6) is 5.75 Å². The van der Waals surface area contributed by atoms with Crippen LogP contribution in [0.3, 0.4) is 0 Å². The second kappa shape index (κ2) is 10.9. The van der Waals surface area contributed by atoms with Crippen LogP contribution in [-0.4, -0.2) is 71.8 Å². The number of amides is 1. The van der Waals surface area contributed by atoms with Gasteiger partial charge in [0.05, 0.1) is 31.8 Å². The van der Waals surface area contributed by atoms with E-state index < -0.39 is 5.82 Å². The molecule has 0 bridgehead atoms. The molecule has 34 heavy (non-hydrogen) atoms. The molecule has 4 rings (SSSR count). The zero-order valence-electron chi connectivity index (χ0n) is 19.5. The number of para-hydroxylation sites is 1. The average Bonchev–Trinajstić information content (AvgIpc) is 3.27. The Morgan fingerprint density at radius 2 is 1.97 bits per heavy atom. The van der Waals surface area contributed by atoms with E-state index in [0.29, 0.717) is 30.5 Å². The second-order valence-corrected chi connectivity index (χ2v) is 8.95. The van der Waals surface area contributed by atoms with Crippen molar-refractivity contribution in [1.29, 1.82) is 0 Å². The van der Waals surface area contributed by atoms with Gasteiger partial charge in [0.15, 0.2) is 16.7 Å². The average molecular weight is 486 g/mol. The van der Waals surface area contributed by atoms with Gasteiger partial charge in [0, 0.05) is 26.7 Å². The van der Waals surface area contributed by atoms with E-state index in [9.17, 15) is 9.18 Å². The number of ether oxygens (including phenoxy) is 2. The number of hydrogen-bond donors (Lipinski definition) is 0. The molecule has 10 heteroatoms. The maximum atomic E-state index is 14.0. The Hall–Kier alpha value is -3.11.